The summed E-state index contributed by atoms with van der Waals surface area (Å²) < 4.78 is 1.07. The molecule has 1 aromatic carbocycles. The summed E-state index contributed by atoms with van der Waals surface area (Å²) in [6.07, 6.45) is 2.86. The largest absolute Gasteiger partial charge is 0.385 e. The summed E-state index contributed by atoms with van der Waals surface area (Å²) in [5, 5.41) is 3.28. The van der Waals surface area contributed by atoms with E-state index in [9.17, 15) is 4.79 Å². The zero-order chi connectivity index (χ0) is 13.7. The number of carbonyl (C=O) groups is 1. The van der Waals surface area contributed by atoms with Crippen molar-refractivity contribution in [3.05, 3.63) is 28.7 Å². The molecule has 1 aliphatic heterocycles. The SMILES string of the molecule is CC1CCN(C(=O)CCNc2ccc(Br)cc2)CC1. The lowest BCUT2D eigenvalue weighted by Crippen LogP contribution is -2.38. The van der Waals surface area contributed by atoms with Gasteiger partial charge in [-0.2, -0.15) is 0 Å². The highest BCUT2D eigenvalue weighted by molar-refractivity contribution is 9.10. The van der Waals surface area contributed by atoms with Crippen LogP contribution in [0.2, 0.25) is 0 Å². The third kappa shape index (κ3) is 4.53. The minimum absolute atomic E-state index is 0.275. The molecule has 104 valence electrons. The summed E-state index contributed by atoms with van der Waals surface area (Å²) in [6, 6.07) is 8.01. The van der Waals surface area contributed by atoms with Crippen LogP contribution in [0, 0.1) is 5.92 Å². The van der Waals surface area contributed by atoms with Crippen LogP contribution in [0.25, 0.3) is 0 Å². The van der Waals surface area contributed by atoms with Crippen molar-refractivity contribution in [3.8, 4) is 0 Å². The summed E-state index contributed by atoms with van der Waals surface area (Å²) in [4.78, 5) is 14.0. The lowest BCUT2D eigenvalue weighted by Gasteiger charge is -2.30. The first kappa shape index (κ1) is 14.4. The van der Waals surface area contributed by atoms with Gasteiger partial charge in [0.1, 0.15) is 0 Å². The Balaban J connectivity index is 1.70. The molecule has 4 heteroatoms. The second-order valence-electron chi connectivity index (χ2n) is 5.25. The van der Waals surface area contributed by atoms with Crippen LogP contribution in [0.1, 0.15) is 26.2 Å². The van der Waals surface area contributed by atoms with Crippen molar-refractivity contribution < 1.29 is 4.79 Å². The molecule has 0 radical (unpaired) electrons. The van der Waals surface area contributed by atoms with Gasteiger partial charge in [0, 0.05) is 36.2 Å². The average Bonchev–Trinajstić information content (AvgIpc) is 2.41. The summed E-state index contributed by atoms with van der Waals surface area (Å²) in [5.74, 6) is 1.04. The monoisotopic (exact) mass is 324 g/mol. The van der Waals surface area contributed by atoms with E-state index in [1.807, 2.05) is 29.2 Å². The first-order valence-electron chi connectivity index (χ1n) is 6.92. The Morgan fingerprint density at radius 1 is 1.32 bits per heavy atom. The molecule has 0 bridgehead atoms. The lowest BCUT2D eigenvalue weighted by atomic mass is 9.99. The van der Waals surface area contributed by atoms with Gasteiger partial charge in [0.15, 0.2) is 0 Å². The van der Waals surface area contributed by atoms with Crippen LogP contribution in [0.3, 0.4) is 0 Å². The third-order valence-corrected chi connectivity index (χ3v) is 4.18. The van der Waals surface area contributed by atoms with Crippen molar-refractivity contribution in [1.82, 2.24) is 4.90 Å². The Bertz CT molecular complexity index is 411. The number of carbonyl (C=O) groups excluding carboxylic acids is 1. The number of nitrogens with zero attached hydrogens (tertiary/aromatic N) is 1. The van der Waals surface area contributed by atoms with Crippen LogP contribution in [-0.2, 0) is 4.79 Å². The van der Waals surface area contributed by atoms with Gasteiger partial charge in [-0.15, -0.1) is 0 Å². The van der Waals surface area contributed by atoms with E-state index in [2.05, 4.69) is 28.2 Å². The smallest absolute Gasteiger partial charge is 0.224 e. The maximum absolute atomic E-state index is 12.0. The van der Waals surface area contributed by atoms with Crippen LogP contribution in [0.5, 0.6) is 0 Å². The molecule has 1 amide bonds. The first-order valence-corrected chi connectivity index (χ1v) is 7.71. The summed E-state index contributed by atoms with van der Waals surface area (Å²) >= 11 is 3.41. The minimum Gasteiger partial charge on any atom is -0.385 e. The van der Waals surface area contributed by atoms with E-state index in [4.69, 9.17) is 0 Å². The van der Waals surface area contributed by atoms with Crippen molar-refractivity contribution in [3.63, 3.8) is 0 Å². The minimum atomic E-state index is 0.275. The van der Waals surface area contributed by atoms with Gasteiger partial charge in [0.2, 0.25) is 5.91 Å². The molecule has 1 fully saturated rings. The molecule has 0 unspecified atom stereocenters. The fourth-order valence-electron chi connectivity index (χ4n) is 2.30. The number of hydrogen-bond donors (Lipinski definition) is 1. The molecule has 3 nitrogen and oxygen atoms in total. The number of piperidine rings is 1. The van der Waals surface area contributed by atoms with Crippen molar-refractivity contribution in [2.24, 2.45) is 5.92 Å². The van der Waals surface area contributed by atoms with E-state index in [0.29, 0.717) is 13.0 Å². The first-order chi connectivity index (χ1) is 9.15. The predicted octanol–water partition coefficient (Wildman–Crippen LogP) is 3.51. The maximum Gasteiger partial charge on any atom is 0.224 e. The molecule has 0 aliphatic carbocycles. The highest BCUT2D eigenvalue weighted by Gasteiger charge is 2.19. The fourth-order valence-corrected chi connectivity index (χ4v) is 2.56. The van der Waals surface area contributed by atoms with E-state index >= 15 is 0 Å². The van der Waals surface area contributed by atoms with Gasteiger partial charge >= 0.3 is 0 Å². The van der Waals surface area contributed by atoms with Crippen molar-refractivity contribution >= 4 is 27.5 Å². The summed E-state index contributed by atoms with van der Waals surface area (Å²) in [6.45, 7) is 4.82. The number of halogens is 1. The van der Waals surface area contributed by atoms with E-state index in [1.54, 1.807) is 0 Å². The van der Waals surface area contributed by atoms with Crippen LogP contribution in [-0.4, -0.2) is 30.4 Å². The number of amides is 1. The number of benzene rings is 1. The molecule has 2 rings (SSSR count). The van der Waals surface area contributed by atoms with Crippen molar-refractivity contribution in [2.45, 2.75) is 26.2 Å². The van der Waals surface area contributed by atoms with Gasteiger partial charge in [-0.1, -0.05) is 22.9 Å². The van der Waals surface area contributed by atoms with E-state index in [0.717, 1.165) is 42.0 Å². The van der Waals surface area contributed by atoms with Gasteiger partial charge in [-0.05, 0) is 43.0 Å². The van der Waals surface area contributed by atoms with Gasteiger partial charge in [0.25, 0.3) is 0 Å². The lowest BCUT2D eigenvalue weighted by molar-refractivity contribution is -0.132. The van der Waals surface area contributed by atoms with E-state index in [1.165, 1.54) is 0 Å². The van der Waals surface area contributed by atoms with Crippen molar-refractivity contribution in [2.75, 3.05) is 25.0 Å². The van der Waals surface area contributed by atoms with Crippen LogP contribution in [0.15, 0.2) is 28.7 Å². The second kappa shape index (κ2) is 6.94. The molecule has 1 aliphatic rings. The van der Waals surface area contributed by atoms with Gasteiger partial charge in [-0.25, -0.2) is 0 Å². The number of likely N-dealkylation sites (tertiary alicyclic amines) is 1. The third-order valence-electron chi connectivity index (χ3n) is 3.65. The zero-order valence-corrected chi connectivity index (χ0v) is 12.9. The van der Waals surface area contributed by atoms with Crippen LogP contribution >= 0.6 is 15.9 Å². The number of rotatable bonds is 4. The number of nitrogens with one attached hydrogen (secondary N) is 1. The highest BCUT2D eigenvalue weighted by Crippen LogP contribution is 2.17. The maximum atomic E-state index is 12.0. The van der Waals surface area contributed by atoms with Crippen molar-refractivity contribution in [1.29, 1.82) is 0 Å². The number of hydrogen-bond acceptors (Lipinski definition) is 2. The fraction of sp³-hybridized carbons (Fsp3) is 0.533. The Morgan fingerprint density at radius 2 is 1.95 bits per heavy atom. The normalized spacial score (nSPS) is 16.4. The molecular formula is C15H21BrN2O. The second-order valence-corrected chi connectivity index (χ2v) is 6.16. The predicted molar refractivity (Wildman–Crippen MR) is 82.2 cm³/mol. The van der Waals surface area contributed by atoms with Gasteiger partial charge in [0.05, 0.1) is 0 Å². The molecule has 1 heterocycles. The Labute approximate surface area is 123 Å². The quantitative estimate of drug-likeness (QED) is 0.919. The molecule has 19 heavy (non-hydrogen) atoms. The Hall–Kier alpha value is -1.03. The van der Waals surface area contributed by atoms with Gasteiger partial charge in [-0.3, -0.25) is 4.79 Å². The molecular weight excluding hydrogens is 304 g/mol. The number of anilines is 1. The average molecular weight is 325 g/mol. The molecule has 1 saturated heterocycles. The van der Waals surface area contributed by atoms with Gasteiger partial charge < -0.3 is 10.2 Å². The molecule has 0 atom stereocenters. The summed E-state index contributed by atoms with van der Waals surface area (Å²) in [7, 11) is 0. The molecule has 0 saturated carbocycles. The molecule has 1 aromatic rings. The van der Waals surface area contributed by atoms with E-state index in [-0.39, 0.29) is 5.91 Å². The standard InChI is InChI=1S/C15H21BrN2O/c1-12-7-10-18(11-8-12)15(19)6-9-17-14-4-2-13(16)3-5-14/h2-5,12,17H,6-11H2,1H3. The molecule has 0 aromatic heterocycles. The van der Waals surface area contributed by atoms with E-state index < -0.39 is 0 Å². The Morgan fingerprint density at radius 3 is 2.58 bits per heavy atom. The Kier molecular flexibility index (Phi) is 5.25. The topological polar surface area (TPSA) is 32.3 Å². The van der Waals surface area contributed by atoms with Crippen LogP contribution < -0.4 is 5.32 Å². The zero-order valence-electron chi connectivity index (χ0n) is 11.4. The van der Waals surface area contributed by atoms with Crippen LogP contribution in [0.4, 0.5) is 5.69 Å². The molecule has 1 N–H and O–H groups in total. The molecule has 0 spiro atoms. The summed E-state index contributed by atoms with van der Waals surface area (Å²) in [5.41, 5.74) is 1.06. The highest BCUT2D eigenvalue weighted by atomic mass is 79.9.